The summed E-state index contributed by atoms with van der Waals surface area (Å²) in [4.78, 5) is 36.5. The van der Waals surface area contributed by atoms with Gasteiger partial charge in [-0.15, -0.1) is 0 Å². The molecule has 30 heavy (non-hydrogen) atoms. The Labute approximate surface area is 175 Å². The second-order valence-corrected chi connectivity index (χ2v) is 7.56. The number of alkyl carbamates (subject to hydrolysis) is 2. The minimum atomic E-state index is -1.48. The van der Waals surface area contributed by atoms with Crippen molar-refractivity contribution in [3.8, 4) is 0 Å². The van der Waals surface area contributed by atoms with E-state index < -0.39 is 35.8 Å². The Balaban J connectivity index is 2.15. The van der Waals surface area contributed by atoms with Crippen molar-refractivity contribution in [3.05, 3.63) is 71.8 Å². The van der Waals surface area contributed by atoms with E-state index in [1.807, 2.05) is 6.07 Å². The molecule has 0 aliphatic heterocycles. The third-order valence-corrected chi connectivity index (χ3v) is 3.92. The van der Waals surface area contributed by atoms with Gasteiger partial charge < -0.3 is 25.2 Å². The molecule has 0 radical (unpaired) electrons. The maximum absolute atomic E-state index is 12.3. The zero-order valence-electron chi connectivity index (χ0n) is 17.1. The number of carboxylic acids is 1. The summed E-state index contributed by atoms with van der Waals surface area (Å²) in [6.07, 6.45) is -1.72. The third-order valence-electron chi connectivity index (χ3n) is 3.92. The zero-order chi connectivity index (χ0) is 22.1. The van der Waals surface area contributed by atoms with Gasteiger partial charge in [0.05, 0.1) is 6.04 Å². The molecule has 0 aliphatic rings. The third kappa shape index (κ3) is 7.46. The summed E-state index contributed by atoms with van der Waals surface area (Å²) >= 11 is 0. The Kier molecular flexibility index (Phi) is 7.80. The van der Waals surface area contributed by atoms with Gasteiger partial charge in [-0.1, -0.05) is 60.7 Å². The van der Waals surface area contributed by atoms with Gasteiger partial charge in [0.25, 0.3) is 0 Å². The molecule has 2 amide bonds. The van der Waals surface area contributed by atoms with Crippen LogP contribution >= 0.6 is 0 Å². The van der Waals surface area contributed by atoms with E-state index in [2.05, 4.69) is 10.6 Å². The predicted octanol–water partition coefficient (Wildman–Crippen LogP) is 3.63. The van der Waals surface area contributed by atoms with Crippen molar-refractivity contribution in [2.75, 3.05) is 0 Å². The molecule has 3 N–H and O–H groups in total. The van der Waals surface area contributed by atoms with Crippen LogP contribution in [0.4, 0.5) is 9.59 Å². The summed E-state index contributed by atoms with van der Waals surface area (Å²) in [6.45, 7) is 5.06. The number of aliphatic carboxylic acids is 1. The first-order chi connectivity index (χ1) is 14.2. The second kappa shape index (κ2) is 10.3. The van der Waals surface area contributed by atoms with E-state index in [9.17, 15) is 19.5 Å². The van der Waals surface area contributed by atoms with Gasteiger partial charge in [-0.3, -0.25) is 0 Å². The fraction of sp³-hybridized carbons (Fsp3) is 0.318. The van der Waals surface area contributed by atoms with Crippen molar-refractivity contribution in [1.29, 1.82) is 0 Å². The second-order valence-electron chi connectivity index (χ2n) is 7.56. The molecule has 1 unspecified atom stereocenters. The van der Waals surface area contributed by atoms with Crippen LogP contribution in [0, 0.1) is 0 Å². The van der Waals surface area contributed by atoms with Crippen LogP contribution < -0.4 is 10.6 Å². The number of nitrogens with one attached hydrogen (secondary N) is 2. The molecule has 0 spiro atoms. The Bertz CT molecular complexity index is 849. The van der Waals surface area contributed by atoms with Crippen molar-refractivity contribution in [3.63, 3.8) is 0 Å². The molecule has 0 saturated carbocycles. The molecule has 0 aliphatic carbocycles. The van der Waals surface area contributed by atoms with E-state index in [0.717, 1.165) is 5.56 Å². The summed E-state index contributed by atoms with van der Waals surface area (Å²) in [5.41, 5.74) is 0.469. The highest BCUT2D eigenvalue weighted by Gasteiger charge is 2.34. The van der Waals surface area contributed by atoms with Crippen LogP contribution in [0.2, 0.25) is 0 Å². The van der Waals surface area contributed by atoms with Crippen LogP contribution in [-0.2, 0) is 20.9 Å². The highest BCUT2D eigenvalue weighted by Crippen LogP contribution is 2.19. The van der Waals surface area contributed by atoms with Crippen molar-refractivity contribution in [2.45, 2.75) is 45.1 Å². The smallest absolute Gasteiger partial charge is 0.408 e. The molecule has 2 rings (SSSR count). The van der Waals surface area contributed by atoms with Crippen LogP contribution in [-0.4, -0.2) is 34.9 Å². The van der Waals surface area contributed by atoms with Gasteiger partial charge in [0.15, 0.2) is 6.04 Å². The quantitative estimate of drug-likeness (QED) is 0.637. The topological polar surface area (TPSA) is 114 Å². The van der Waals surface area contributed by atoms with Crippen LogP contribution in [0.25, 0.3) is 0 Å². The van der Waals surface area contributed by atoms with Crippen molar-refractivity contribution >= 4 is 18.2 Å². The first-order valence-electron chi connectivity index (χ1n) is 9.40. The molecule has 2 atom stereocenters. The lowest BCUT2D eigenvalue weighted by molar-refractivity contribution is -0.140. The van der Waals surface area contributed by atoms with Gasteiger partial charge >= 0.3 is 18.2 Å². The average molecular weight is 414 g/mol. The molecular formula is C22H26N2O6. The Morgan fingerprint density at radius 1 is 0.900 bits per heavy atom. The minimum Gasteiger partial charge on any atom is -0.480 e. The molecule has 8 heteroatoms. The van der Waals surface area contributed by atoms with Crippen molar-refractivity contribution < 1.29 is 29.0 Å². The number of carbonyl (C=O) groups is 3. The first-order valence-corrected chi connectivity index (χ1v) is 9.40. The minimum absolute atomic E-state index is 0.0193. The number of benzene rings is 2. The number of amides is 2. The maximum atomic E-state index is 12.3. The molecule has 0 saturated heterocycles. The first kappa shape index (κ1) is 22.7. The van der Waals surface area contributed by atoms with Gasteiger partial charge in [-0.05, 0) is 31.9 Å². The van der Waals surface area contributed by atoms with Gasteiger partial charge in [0.2, 0.25) is 0 Å². The molecule has 2 aromatic carbocycles. The summed E-state index contributed by atoms with van der Waals surface area (Å²) in [6, 6.07) is 14.9. The Morgan fingerprint density at radius 2 is 1.47 bits per heavy atom. The van der Waals surface area contributed by atoms with Crippen molar-refractivity contribution in [2.24, 2.45) is 0 Å². The van der Waals surface area contributed by atoms with Gasteiger partial charge in [-0.2, -0.15) is 0 Å². The highest BCUT2D eigenvalue weighted by atomic mass is 16.6. The number of hydrogen-bond donors (Lipinski definition) is 3. The molecular weight excluding hydrogens is 388 g/mol. The van der Waals surface area contributed by atoms with Crippen molar-refractivity contribution in [1.82, 2.24) is 10.6 Å². The number of ether oxygens (including phenoxy) is 2. The predicted molar refractivity (Wildman–Crippen MR) is 110 cm³/mol. The maximum Gasteiger partial charge on any atom is 0.408 e. The summed E-state index contributed by atoms with van der Waals surface area (Å²) < 4.78 is 10.4. The lowest BCUT2D eigenvalue weighted by atomic mass is 9.99. The monoisotopic (exact) mass is 414 g/mol. The number of carboxylic acid groups (broad SMARTS) is 1. The van der Waals surface area contributed by atoms with Crippen LogP contribution in [0.3, 0.4) is 0 Å². The largest absolute Gasteiger partial charge is 0.480 e. The molecule has 0 fully saturated rings. The van der Waals surface area contributed by atoms with Gasteiger partial charge in [0, 0.05) is 0 Å². The average Bonchev–Trinajstić information content (AvgIpc) is 2.69. The van der Waals surface area contributed by atoms with E-state index in [1.165, 1.54) is 0 Å². The van der Waals surface area contributed by atoms with E-state index in [4.69, 9.17) is 9.47 Å². The lowest BCUT2D eigenvalue weighted by Gasteiger charge is -2.28. The van der Waals surface area contributed by atoms with Crippen LogP contribution in [0.1, 0.15) is 37.9 Å². The molecule has 0 heterocycles. The molecule has 160 valence electrons. The fourth-order valence-corrected chi connectivity index (χ4v) is 2.63. The lowest BCUT2D eigenvalue weighted by Crippen LogP contribution is -2.51. The molecule has 2 aromatic rings. The van der Waals surface area contributed by atoms with Crippen LogP contribution in [0.5, 0.6) is 0 Å². The van der Waals surface area contributed by atoms with E-state index in [0.29, 0.717) is 5.56 Å². The molecule has 8 nitrogen and oxygen atoms in total. The normalized spacial score (nSPS) is 12.9. The number of hydrogen-bond acceptors (Lipinski definition) is 5. The zero-order valence-corrected chi connectivity index (χ0v) is 17.1. The Hall–Kier alpha value is -3.55. The molecule has 0 aromatic heterocycles. The number of rotatable bonds is 7. The van der Waals surface area contributed by atoms with E-state index in [-0.39, 0.29) is 6.61 Å². The standard InChI is InChI=1S/C22H26N2O6/c1-22(2,3)30-21(28)23-17(16-12-8-5-9-13-16)18(19(25)26)24-20(27)29-14-15-10-6-4-7-11-15/h4-13,17-18H,14H2,1-3H3,(H,23,28)(H,24,27)(H,25,26)/t17-,18?/m1/s1. The fourth-order valence-electron chi connectivity index (χ4n) is 2.63. The van der Waals surface area contributed by atoms with E-state index >= 15 is 0 Å². The van der Waals surface area contributed by atoms with E-state index in [1.54, 1.807) is 75.4 Å². The Morgan fingerprint density at radius 3 is 2.00 bits per heavy atom. The SMILES string of the molecule is CC(C)(C)OC(=O)N[C@H](c1ccccc1)C(NC(=O)OCc1ccccc1)C(=O)O. The summed E-state index contributed by atoms with van der Waals surface area (Å²) in [5, 5.41) is 14.6. The molecule has 0 bridgehead atoms. The van der Waals surface area contributed by atoms with Gasteiger partial charge in [0.1, 0.15) is 12.2 Å². The number of carbonyl (C=O) groups excluding carboxylic acids is 2. The van der Waals surface area contributed by atoms with Crippen LogP contribution in [0.15, 0.2) is 60.7 Å². The van der Waals surface area contributed by atoms with Gasteiger partial charge in [-0.25, -0.2) is 14.4 Å². The summed E-state index contributed by atoms with van der Waals surface area (Å²) in [5.74, 6) is -1.34. The summed E-state index contributed by atoms with van der Waals surface area (Å²) in [7, 11) is 0. The highest BCUT2D eigenvalue weighted by molar-refractivity contribution is 5.82.